The number of carbonyl (C=O) groups excluding carboxylic acids is 1. The molecule has 0 radical (unpaired) electrons. The normalized spacial score (nSPS) is 25.8. The Kier molecular flexibility index (Phi) is 4.15. The Bertz CT molecular complexity index is 511. The summed E-state index contributed by atoms with van der Waals surface area (Å²) in [5.41, 5.74) is 1.61. The average molecular weight is 287 g/mol. The summed E-state index contributed by atoms with van der Waals surface area (Å²) < 4.78 is 0. The van der Waals surface area contributed by atoms with Gasteiger partial charge in [-0.25, -0.2) is 0 Å². The van der Waals surface area contributed by atoms with Gasteiger partial charge in [0.05, 0.1) is 0 Å². The van der Waals surface area contributed by atoms with Crippen molar-refractivity contribution < 1.29 is 4.79 Å². The lowest BCUT2D eigenvalue weighted by atomic mass is 9.93. The number of rotatable bonds is 3. The smallest absolute Gasteiger partial charge is 0.260 e. The molecule has 1 heterocycles. The molecule has 1 atom stereocenters. The van der Waals surface area contributed by atoms with Crippen molar-refractivity contribution in [1.82, 2.24) is 10.6 Å². The molecule has 0 saturated heterocycles. The first-order valence-corrected chi connectivity index (χ1v) is 8.15. The zero-order chi connectivity index (χ0) is 14.7. The van der Waals surface area contributed by atoms with E-state index in [2.05, 4.69) is 28.1 Å². The van der Waals surface area contributed by atoms with E-state index in [9.17, 15) is 4.79 Å². The second-order valence-corrected chi connectivity index (χ2v) is 6.20. The van der Waals surface area contributed by atoms with E-state index in [1.54, 1.807) is 0 Å². The highest BCUT2D eigenvalue weighted by Gasteiger charge is 2.40. The van der Waals surface area contributed by atoms with E-state index >= 15 is 0 Å². The average Bonchev–Trinajstić information content (AvgIpc) is 2.55. The molecular weight excluding hydrogens is 262 g/mol. The van der Waals surface area contributed by atoms with Crippen LogP contribution in [0.2, 0.25) is 0 Å². The van der Waals surface area contributed by atoms with Gasteiger partial charge >= 0.3 is 0 Å². The van der Waals surface area contributed by atoms with Crippen molar-refractivity contribution in [3.63, 3.8) is 0 Å². The number of para-hydroxylation sites is 1. The number of nitrogens with one attached hydrogen (secondary N) is 3. The molecule has 2 aliphatic rings. The van der Waals surface area contributed by atoms with Crippen molar-refractivity contribution in [3.8, 4) is 0 Å². The highest BCUT2D eigenvalue weighted by molar-refractivity contribution is 5.90. The number of hydrogen-bond acceptors (Lipinski definition) is 3. The summed E-state index contributed by atoms with van der Waals surface area (Å²) >= 11 is 0. The molecule has 4 nitrogen and oxygen atoms in total. The van der Waals surface area contributed by atoms with Crippen molar-refractivity contribution in [2.75, 3.05) is 5.32 Å². The quantitative estimate of drug-likeness (QED) is 0.801. The molecule has 0 bridgehead atoms. The fourth-order valence-electron chi connectivity index (χ4n) is 3.38. The van der Waals surface area contributed by atoms with Gasteiger partial charge in [-0.1, -0.05) is 44.4 Å². The number of benzene rings is 1. The molecule has 21 heavy (non-hydrogen) atoms. The largest absolute Gasteiger partial charge is 0.359 e. The van der Waals surface area contributed by atoms with Gasteiger partial charge < -0.3 is 10.6 Å². The summed E-state index contributed by atoms with van der Waals surface area (Å²) in [5.74, 6) is 0.0893. The van der Waals surface area contributed by atoms with Crippen LogP contribution in [0.3, 0.4) is 0 Å². The van der Waals surface area contributed by atoms with Crippen molar-refractivity contribution in [1.29, 1.82) is 0 Å². The predicted molar refractivity (Wildman–Crippen MR) is 84.9 cm³/mol. The maximum atomic E-state index is 12.8. The van der Waals surface area contributed by atoms with Gasteiger partial charge in [0.1, 0.15) is 0 Å². The number of carbonyl (C=O) groups is 1. The summed E-state index contributed by atoms with van der Waals surface area (Å²) in [7, 11) is 0. The SMILES string of the molecule is CCC1(C(=O)NC2CCCCC2)NCc2ccccc2N1. The second-order valence-electron chi connectivity index (χ2n) is 6.20. The van der Waals surface area contributed by atoms with E-state index in [0.717, 1.165) is 31.5 Å². The second kappa shape index (κ2) is 6.06. The topological polar surface area (TPSA) is 53.2 Å². The van der Waals surface area contributed by atoms with Crippen LogP contribution in [0.5, 0.6) is 0 Å². The zero-order valence-electron chi connectivity index (χ0n) is 12.7. The van der Waals surface area contributed by atoms with Crippen LogP contribution in [-0.4, -0.2) is 17.6 Å². The molecule has 1 aliphatic carbocycles. The van der Waals surface area contributed by atoms with Gasteiger partial charge in [0.15, 0.2) is 5.66 Å². The minimum atomic E-state index is -0.675. The van der Waals surface area contributed by atoms with Crippen LogP contribution in [0.1, 0.15) is 51.0 Å². The standard InChI is InChI=1S/C17H25N3O/c1-2-17(16(21)19-14-9-4-3-5-10-14)18-12-13-8-6-7-11-15(13)20-17/h6-8,11,14,18,20H,2-5,9-10,12H2,1H3,(H,19,21). The van der Waals surface area contributed by atoms with Gasteiger partial charge in [-0.2, -0.15) is 0 Å². The molecule has 3 N–H and O–H groups in total. The molecule has 1 aromatic carbocycles. The first-order chi connectivity index (χ1) is 10.2. The van der Waals surface area contributed by atoms with Gasteiger partial charge in [-0.05, 0) is 30.9 Å². The first-order valence-electron chi connectivity index (χ1n) is 8.15. The fraction of sp³-hybridized carbons (Fsp3) is 0.588. The van der Waals surface area contributed by atoms with Gasteiger partial charge in [0.2, 0.25) is 0 Å². The Morgan fingerprint density at radius 1 is 1.29 bits per heavy atom. The Morgan fingerprint density at radius 3 is 2.81 bits per heavy atom. The monoisotopic (exact) mass is 287 g/mol. The maximum Gasteiger partial charge on any atom is 0.260 e. The van der Waals surface area contributed by atoms with E-state index < -0.39 is 5.66 Å². The molecule has 114 valence electrons. The van der Waals surface area contributed by atoms with Crippen LogP contribution in [0.25, 0.3) is 0 Å². The maximum absolute atomic E-state index is 12.8. The lowest BCUT2D eigenvalue weighted by Gasteiger charge is -2.40. The predicted octanol–water partition coefficient (Wildman–Crippen LogP) is 2.76. The van der Waals surface area contributed by atoms with Gasteiger partial charge in [0.25, 0.3) is 5.91 Å². The molecule has 3 rings (SSSR count). The molecule has 4 heteroatoms. The van der Waals surface area contributed by atoms with E-state index in [1.165, 1.54) is 24.8 Å². The van der Waals surface area contributed by atoms with Gasteiger partial charge in [-0.3, -0.25) is 10.1 Å². The van der Waals surface area contributed by atoms with E-state index in [0.29, 0.717) is 6.04 Å². The Hall–Kier alpha value is -1.55. The lowest BCUT2D eigenvalue weighted by molar-refractivity contribution is -0.128. The minimum Gasteiger partial charge on any atom is -0.359 e. The van der Waals surface area contributed by atoms with E-state index in [1.807, 2.05) is 19.1 Å². The van der Waals surface area contributed by atoms with Crippen molar-refractivity contribution >= 4 is 11.6 Å². The molecule has 1 aliphatic heterocycles. The van der Waals surface area contributed by atoms with Crippen LogP contribution in [0.15, 0.2) is 24.3 Å². The van der Waals surface area contributed by atoms with Crippen molar-refractivity contribution in [2.45, 2.75) is 63.7 Å². The highest BCUT2D eigenvalue weighted by atomic mass is 16.2. The Labute approximate surface area is 126 Å². The molecular formula is C17H25N3O. The third kappa shape index (κ3) is 2.91. The molecule has 1 fully saturated rings. The van der Waals surface area contributed by atoms with Crippen LogP contribution in [0, 0.1) is 0 Å². The third-order valence-electron chi connectivity index (χ3n) is 4.80. The van der Waals surface area contributed by atoms with Gasteiger partial charge in [0, 0.05) is 18.3 Å². The molecule has 0 aromatic heterocycles. The Balaban J connectivity index is 1.73. The van der Waals surface area contributed by atoms with Gasteiger partial charge in [-0.15, -0.1) is 0 Å². The third-order valence-corrected chi connectivity index (χ3v) is 4.80. The minimum absolute atomic E-state index is 0.0893. The van der Waals surface area contributed by atoms with Crippen molar-refractivity contribution in [2.24, 2.45) is 0 Å². The lowest BCUT2D eigenvalue weighted by Crippen LogP contribution is -2.64. The summed E-state index contributed by atoms with van der Waals surface area (Å²) in [5, 5.41) is 10.1. The Morgan fingerprint density at radius 2 is 2.05 bits per heavy atom. The summed E-state index contributed by atoms with van der Waals surface area (Å²) in [6, 6.07) is 8.53. The fourth-order valence-corrected chi connectivity index (χ4v) is 3.38. The number of fused-ring (bicyclic) bond motifs is 1. The molecule has 0 spiro atoms. The molecule has 1 aromatic rings. The number of hydrogen-bond donors (Lipinski definition) is 3. The van der Waals surface area contributed by atoms with Crippen LogP contribution in [0.4, 0.5) is 5.69 Å². The first kappa shape index (κ1) is 14.4. The molecule has 1 saturated carbocycles. The van der Waals surface area contributed by atoms with Crippen LogP contribution in [-0.2, 0) is 11.3 Å². The summed E-state index contributed by atoms with van der Waals surface area (Å²) in [6.45, 7) is 2.78. The molecule has 1 amide bonds. The van der Waals surface area contributed by atoms with Crippen molar-refractivity contribution in [3.05, 3.63) is 29.8 Å². The van der Waals surface area contributed by atoms with Crippen LogP contribution >= 0.6 is 0 Å². The van der Waals surface area contributed by atoms with Crippen LogP contribution < -0.4 is 16.0 Å². The summed E-state index contributed by atoms with van der Waals surface area (Å²) in [6.07, 6.45) is 6.71. The zero-order valence-corrected chi connectivity index (χ0v) is 12.7. The highest BCUT2D eigenvalue weighted by Crippen LogP contribution is 2.27. The number of amides is 1. The van der Waals surface area contributed by atoms with E-state index in [-0.39, 0.29) is 5.91 Å². The number of anilines is 1. The molecule has 1 unspecified atom stereocenters. The van der Waals surface area contributed by atoms with E-state index in [4.69, 9.17) is 0 Å². The summed E-state index contributed by atoms with van der Waals surface area (Å²) in [4.78, 5) is 12.8.